The van der Waals surface area contributed by atoms with Crippen LogP contribution in [0.4, 0.5) is 28.9 Å². The molecule has 0 saturated carbocycles. The molecule has 0 unspecified atom stereocenters. The van der Waals surface area contributed by atoms with Crippen LogP contribution >= 0.6 is 0 Å². The second kappa shape index (κ2) is 15.2. The Kier molecular flexibility index (Phi) is 12.3. The van der Waals surface area contributed by atoms with Gasteiger partial charge in [-0.15, -0.1) is 0 Å². The van der Waals surface area contributed by atoms with Crippen LogP contribution in [0.3, 0.4) is 0 Å². The molecule has 0 radical (unpaired) electrons. The molecule has 1 aliphatic heterocycles. The maximum Gasteiger partial charge on any atom is 0.490 e. The van der Waals surface area contributed by atoms with Crippen LogP contribution in [0.2, 0.25) is 0 Å². The molecular formula is C27H33F4N3O6. The Hall–Kier alpha value is -3.71. The summed E-state index contributed by atoms with van der Waals surface area (Å²) >= 11 is 0. The van der Waals surface area contributed by atoms with E-state index in [1.165, 1.54) is 30.3 Å². The van der Waals surface area contributed by atoms with E-state index < -0.39 is 29.8 Å². The molecule has 1 heterocycles. The number of nitrogens with one attached hydrogen (secondary N) is 1. The van der Waals surface area contributed by atoms with E-state index in [1.54, 1.807) is 12.1 Å². The fourth-order valence-corrected chi connectivity index (χ4v) is 4.13. The van der Waals surface area contributed by atoms with Crippen molar-refractivity contribution in [3.8, 4) is 0 Å². The molecule has 1 fully saturated rings. The molecule has 13 heteroatoms. The number of rotatable bonds is 10. The first-order valence-corrected chi connectivity index (χ1v) is 12.6. The van der Waals surface area contributed by atoms with Gasteiger partial charge in [0.15, 0.2) is 0 Å². The predicted molar refractivity (Wildman–Crippen MR) is 140 cm³/mol. The summed E-state index contributed by atoms with van der Waals surface area (Å²) in [6.07, 6.45) is -2.14. The zero-order valence-corrected chi connectivity index (χ0v) is 22.2. The number of ether oxygens (including phenoxy) is 1. The lowest BCUT2D eigenvalue weighted by atomic mass is 10.0. The van der Waals surface area contributed by atoms with Crippen molar-refractivity contribution in [1.29, 1.82) is 0 Å². The van der Waals surface area contributed by atoms with E-state index in [1.807, 2.05) is 6.92 Å². The van der Waals surface area contributed by atoms with Gasteiger partial charge in [0.2, 0.25) is 0 Å². The summed E-state index contributed by atoms with van der Waals surface area (Å²) in [7, 11) is 2.14. The molecule has 0 aliphatic carbocycles. The number of anilines is 2. The largest absolute Gasteiger partial charge is 0.490 e. The number of amides is 1. The molecule has 1 saturated heterocycles. The van der Waals surface area contributed by atoms with Crippen LogP contribution in [0, 0.1) is 5.82 Å². The number of carbonyl (C=O) groups excluding carboxylic acids is 1. The lowest BCUT2D eigenvalue weighted by molar-refractivity contribution is -0.192. The number of carboxylic acids is 2. The summed E-state index contributed by atoms with van der Waals surface area (Å²) in [4.78, 5) is 37.7. The summed E-state index contributed by atoms with van der Waals surface area (Å²) < 4.78 is 50.4. The van der Waals surface area contributed by atoms with Crippen molar-refractivity contribution in [3.63, 3.8) is 0 Å². The minimum absolute atomic E-state index is 0.0945. The van der Waals surface area contributed by atoms with Gasteiger partial charge in [0.05, 0.1) is 16.9 Å². The predicted octanol–water partition coefficient (Wildman–Crippen LogP) is 4.74. The van der Waals surface area contributed by atoms with Crippen LogP contribution < -0.4 is 10.2 Å². The monoisotopic (exact) mass is 571 g/mol. The maximum atomic E-state index is 13.2. The maximum absolute atomic E-state index is 13.2. The average molecular weight is 572 g/mol. The van der Waals surface area contributed by atoms with Gasteiger partial charge < -0.3 is 30.1 Å². The van der Waals surface area contributed by atoms with Crippen LogP contribution in [0.15, 0.2) is 42.5 Å². The number of aliphatic carboxylic acids is 1. The van der Waals surface area contributed by atoms with Crippen LogP contribution in [0.5, 0.6) is 0 Å². The van der Waals surface area contributed by atoms with Gasteiger partial charge in [0.1, 0.15) is 5.82 Å². The van der Waals surface area contributed by atoms with Gasteiger partial charge in [0, 0.05) is 44.5 Å². The number of piperidine rings is 1. The van der Waals surface area contributed by atoms with Crippen molar-refractivity contribution >= 4 is 29.2 Å². The molecule has 9 nitrogen and oxygen atoms in total. The second-order valence-electron chi connectivity index (χ2n) is 9.05. The molecule has 2 aromatic rings. The Balaban J connectivity index is 0.000000708. The molecule has 40 heavy (non-hydrogen) atoms. The van der Waals surface area contributed by atoms with E-state index in [4.69, 9.17) is 14.6 Å². The highest BCUT2D eigenvalue weighted by Crippen LogP contribution is 2.31. The lowest BCUT2D eigenvalue weighted by Gasteiger charge is -2.38. The van der Waals surface area contributed by atoms with Crippen LogP contribution in [-0.2, 0) is 9.53 Å². The fourth-order valence-electron chi connectivity index (χ4n) is 4.13. The SMILES string of the molecule is CCOCCCN(C)C1CCN(c2ccc(C(=O)O)cc2NC(=O)c2ccc(F)cc2)CC1.O=C(O)C(F)(F)F. The third-order valence-corrected chi connectivity index (χ3v) is 6.27. The molecule has 0 bridgehead atoms. The molecule has 0 spiro atoms. The van der Waals surface area contributed by atoms with Crippen molar-refractivity contribution in [2.45, 2.75) is 38.4 Å². The Labute approximate surface area is 229 Å². The average Bonchev–Trinajstić information content (AvgIpc) is 2.91. The third-order valence-electron chi connectivity index (χ3n) is 6.27. The highest BCUT2D eigenvalue weighted by atomic mass is 19.4. The smallest absolute Gasteiger partial charge is 0.478 e. The van der Waals surface area contributed by atoms with Gasteiger partial charge in [-0.2, -0.15) is 13.2 Å². The molecule has 1 amide bonds. The number of alkyl halides is 3. The summed E-state index contributed by atoms with van der Waals surface area (Å²) in [6, 6.07) is 10.5. The van der Waals surface area contributed by atoms with Crippen molar-refractivity contribution < 1.29 is 46.9 Å². The first-order valence-electron chi connectivity index (χ1n) is 12.6. The zero-order chi connectivity index (χ0) is 29.9. The Morgan fingerprint density at radius 1 is 1.05 bits per heavy atom. The van der Waals surface area contributed by atoms with Crippen LogP contribution in [0.1, 0.15) is 46.9 Å². The highest BCUT2D eigenvalue weighted by molar-refractivity contribution is 6.06. The Bertz CT molecular complexity index is 1140. The number of nitrogens with zero attached hydrogens (tertiary/aromatic N) is 2. The van der Waals surface area contributed by atoms with Crippen molar-refractivity contribution in [1.82, 2.24) is 4.90 Å². The molecule has 3 N–H and O–H groups in total. The van der Waals surface area contributed by atoms with Crippen molar-refractivity contribution in [2.75, 3.05) is 50.1 Å². The van der Waals surface area contributed by atoms with Gasteiger partial charge >= 0.3 is 18.1 Å². The minimum atomic E-state index is -5.08. The van der Waals surface area contributed by atoms with Crippen LogP contribution in [-0.4, -0.2) is 85.1 Å². The summed E-state index contributed by atoms with van der Waals surface area (Å²) in [5.74, 6) is -4.66. The zero-order valence-electron chi connectivity index (χ0n) is 22.2. The highest BCUT2D eigenvalue weighted by Gasteiger charge is 2.38. The quantitative estimate of drug-likeness (QED) is 0.277. The van der Waals surface area contributed by atoms with Gasteiger partial charge in [-0.1, -0.05) is 0 Å². The number of hydrogen-bond donors (Lipinski definition) is 3. The Morgan fingerprint density at radius 3 is 2.15 bits per heavy atom. The van der Waals surface area contributed by atoms with E-state index in [2.05, 4.69) is 22.2 Å². The van der Waals surface area contributed by atoms with Crippen LogP contribution in [0.25, 0.3) is 0 Å². The van der Waals surface area contributed by atoms with E-state index in [0.717, 1.165) is 57.8 Å². The topological polar surface area (TPSA) is 119 Å². The lowest BCUT2D eigenvalue weighted by Crippen LogP contribution is -2.44. The minimum Gasteiger partial charge on any atom is -0.478 e. The Morgan fingerprint density at radius 2 is 1.62 bits per heavy atom. The molecule has 2 aromatic carbocycles. The first-order chi connectivity index (χ1) is 18.8. The molecule has 220 valence electrons. The van der Waals surface area contributed by atoms with E-state index in [0.29, 0.717) is 17.3 Å². The molecular weight excluding hydrogens is 538 g/mol. The molecule has 1 aliphatic rings. The van der Waals surface area contributed by atoms with Gasteiger partial charge in [0.25, 0.3) is 5.91 Å². The van der Waals surface area contributed by atoms with E-state index in [9.17, 15) is 32.3 Å². The number of halogens is 4. The van der Waals surface area contributed by atoms with Crippen molar-refractivity contribution in [3.05, 3.63) is 59.4 Å². The summed E-state index contributed by atoms with van der Waals surface area (Å²) in [5.41, 5.74) is 1.62. The fraction of sp³-hybridized carbons (Fsp3) is 0.444. The van der Waals surface area contributed by atoms with Gasteiger partial charge in [-0.3, -0.25) is 4.79 Å². The van der Waals surface area contributed by atoms with E-state index in [-0.39, 0.29) is 5.56 Å². The van der Waals surface area contributed by atoms with Gasteiger partial charge in [-0.05, 0) is 75.7 Å². The number of carbonyl (C=O) groups is 3. The number of hydrogen-bond acceptors (Lipinski definition) is 6. The van der Waals surface area contributed by atoms with E-state index >= 15 is 0 Å². The second-order valence-corrected chi connectivity index (χ2v) is 9.05. The summed E-state index contributed by atoms with van der Waals surface area (Å²) in [6.45, 7) is 6.09. The third kappa shape index (κ3) is 10.1. The standard InChI is InChI=1S/C25H32FN3O4.C2HF3O2/c1-3-33-16-4-13-28(2)21-11-14-29(15-12-21)23-10-7-19(25(31)32)17-22(23)27-24(30)18-5-8-20(26)9-6-18;3-2(4,5)1(6)7/h5-10,17,21H,3-4,11-16H2,1-2H3,(H,27,30)(H,31,32);(H,6,7). The molecule has 3 rings (SSSR count). The first kappa shape index (κ1) is 32.5. The van der Waals surface area contributed by atoms with Crippen molar-refractivity contribution in [2.24, 2.45) is 0 Å². The number of carboxylic acid groups (broad SMARTS) is 2. The summed E-state index contributed by atoms with van der Waals surface area (Å²) in [5, 5.41) is 19.4. The molecule has 0 atom stereocenters. The normalized spacial score (nSPS) is 13.9. The number of aromatic carboxylic acids is 1. The van der Waals surface area contributed by atoms with Gasteiger partial charge in [-0.25, -0.2) is 14.0 Å². The number of benzene rings is 2. The molecule has 0 aromatic heterocycles.